The second kappa shape index (κ2) is 12.5. The summed E-state index contributed by atoms with van der Waals surface area (Å²) in [5, 5.41) is 9.39. The van der Waals surface area contributed by atoms with Gasteiger partial charge in [0.15, 0.2) is 5.82 Å². The van der Waals surface area contributed by atoms with E-state index in [-0.39, 0.29) is 18.4 Å². The normalized spacial score (nSPS) is 13.4. The Labute approximate surface area is 222 Å². The standard InChI is InChI=1S/C28H32ClN5O3/c1-3-4-14-34(28(36)21-8-10-23(29)11-9-21)20-27(35)33-17-15-32(16-18-33)26-13-12-25(30-31-26)22-6-5-7-24(19-22)37-2/h5-13,19H,3-4,14-18,20H2,1-2H3. The molecule has 0 N–H and O–H groups in total. The van der Waals surface area contributed by atoms with Gasteiger partial charge in [-0.15, -0.1) is 10.2 Å². The van der Waals surface area contributed by atoms with Crippen LogP contribution < -0.4 is 9.64 Å². The molecule has 1 aliphatic rings. The highest BCUT2D eigenvalue weighted by Crippen LogP contribution is 2.23. The quantitative estimate of drug-likeness (QED) is 0.415. The minimum Gasteiger partial charge on any atom is -0.497 e. The Kier molecular flexibility index (Phi) is 8.95. The molecule has 0 bridgehead atoms. The Bertz CT molecular complexity index is 1200. The molecule has 4 rings (SSSR count). The molecule has 2 aromatic carbocycles. The SMILES string of the molecule is CCCCN(CC(=O)N1CCN(c2ccc(-c3cccc(OC)c3)nn2)CC1)C(=O)c1ccc(Cl)cc1. The van der Waals surface area contributed by atoms with Crippen LogP contribution in [-0.4, -0.2) is 78.2 Å². The highest BCUT2D eigenvalue weighted by atomic mass is 35.5. The first-order chi connectivity index (χ1) is 18.0. The number of unbranched alkanes of at least 4 members (excludes halogenated alkanes) is 1. The fraction of sp³-hybridized carbons (Fsp3) is 0.357. The van der Waals surface area contributed by atoms with Crippen LogP contribution in [-0.2, 0) is 4.79 Å². The zero-order chi connectivity index (χ0) is 26.2. The number of ether oxygens (including phenoxy) is 1. The Morgan fingerprint density at radius 3 is 2.41 bits per heavy atom. The van der Waals surface area contributed by atoms with Crippen LogP contribution in [0.5, 0.6) is 5.75 Å². The van der Waals surface area contributed by atoms with Crippen LogP contribution >= 0.6 is 11.6 Å². The van der Waals surface area contributed by atoms with E-state index in [2.05, 4.69) is 22.0 Å². The molecule has 9 heteroatoms. The summed E-state index contributed by atoms with van der Waals surface area (Å²) in [6, 6.07) is 18.4. The van der Waals surface area contributed by atoms with Gasteiger partial charge in [-0.05, 0) is 55.0 Å². The molecule has 8 nitrogen and oxygen atoms in total. The predicted molar refractivity (Wildman–Crippen MR) is 145 cm³/mol. The fourth-order valence-electron chi connectivity index (χ4n) is 4.25. The van der Waals surface area contributed by atoms with Crippen LogP contribution in [0.15, 0.2) is 60.7 Å². The molecule has 2 heterocycles. The van der Waals surface area contributed by atoms with E-state index in [1.807, 2.05) is 41.3 Å². The predicted octanol–water partition coefficient (Wildman–Crippen LogP) is 4.40. The summed E-state index contributed by atoms with van der Waals surface area (Å²) >= 11 is 5.97. The van der Waals surface area contributed by atoms with Crippen LogP contribution in [0.4, 0.5) is 5.82 Å². The first-order valence-corrected chi connectivity index (χ1v) is 12.9. The molecule has 0 spiro atoms. The zero-order valence-electron chi connectivity index (χ0n) is 21.3. The Balaban J connectivity index is 1.34. The van der Waals surface area contributed by atoms with Crippen LogP contribution in [0.3, 0.4) is 0 Å². The van der Waals surface area contributed by atoms with Gasteiger partial charge in [0.25, 0.3) is 5.91 Å². The number of rotatable bonds is 9. The average Bonchev–Trinajstić information content (AvgIpc) is 2.95. The summed E-state index contributed by atoms with van der Waals surface area (Å²) in [4.78, 5) is 31.8. The van der Waals surface area contributed by atoms with Crippen molar-refractivity contribution in [2.24, 2.45) is 0 Å². The minimum absolute atomic E-state index is 0.0440. The monoisotopic (exact) mass is 521 g/mol. The number of aromatic nitrogens is 2. The van der Waals surface area contributed by atoms with E-state index in [9.17, 15) is 9.59 Å². The van der Waals surface area contributed by atoms with Gasteiger partial charge >= 0.3 is 0 Å². The molecular formula is C28H32ClN5O3. The summed E-state index contributed by atoms with van der Waals surface area (Å²) in [6.07, 6.45) is 1.78. The smallest absolute Gasteiger partial charge is 0.254 e. The Morgan fingerprint density at radius 2 is 1.76 bits per heavy atom. The van der Waals surface area contributed by atoms with Crippen molar-refractivity contribution in [1.82, 2.24) is 20.0 Å². The maximum absolute atomic E-state index is 13.1. The summed E-state index contributed by atoms with van der Waals surface area (Å²) in [5.74, 6) is 1.36. The van der Waals surface area contributed by atoms with Gasteiger partial charge in [-0.3, -0.25) is 9.59 Å². The number of hydrogen-bond donors (Lipinski definition) is 0. The summed E-state index contributed by atoms with van der Waals surface area (Å²) < 4.78 is 5.29. The molecule has 0 saturated carbocycles. The average molecular weight is 522 g/mol. The van der Waals surface area contributed by atoms with Gasteiger partial charge in [-0.1, -0.05) is 37.1 Å². The van der Waals surface area contributed by atoms with Crippen molar-refractivity contribution >= 4 is 29.2 Å². The molecule has 37 heavy (non-hydrogen) atoms. The van der Waals surface area contributed by atoms with Gasteiger partial charge in [0, 0.05) is 48.9 Å². The number of hydrogen-bond acceptors (Lipinski definition) is 6. The van der Waals surface area contributed by atoms with Gasteiger partial charge in [0.1, 0.15) is 12.3 Å². The highest BCUT2D eigenvalue weighted by Gasteiger charge is 2.26. The van der Waals surface area contributed by atoms with Gasteiger partial charge in [0.2, 0.25) is 5.91 Å². The maximum Gasteiger partial charge on any atom is 0.254 e. The van der Waals surface area contributed by atoms with Crippen LogP contribution in [0.2, 0.25) is 5.02 Å². The van der Waals surface area contributed by atoms with Gasteiger partial charge in [-0.2, -0.15) is 0 Å². The number of benzene rings is 2. The first kappa shape index (κ1) is 26.4. The molecule has 1 aliphatic heterocycles. The maximum atomic E-state index is 13.1. The van der Waals surface area contributed by atoms with E-state index in [4.69, 9.17) is 16.3 Å². The fourth-order valence-corrected chi connectivity index (χ4v) is 4.38. The van der Waals surface area contributed by atoms with Crippen LogP contribution in [0.1, 0.15) is 30.1 Å². The van der Waals surface area contributed by atoms with Crippen molar-refractivity contribution in [2.45, 2.75) is 19.8 Å². The van der Waals surface area contributed by atoms with Crippen molar-refractivity contribution in [3.63, 3.8) is 0 Å². The van der Waals surface area contributed by atoms with Crippen molar-refractivity contribution < 1.29 is 14.3 Å². The van der Waals surface area contributed by atoms with E-state index in [1.54, 1.807) is 36.3 Å². The zero-order valence-corrected chi connectivity index (χ0v) is 22.0. The van der Waals surface area contributed by atoms with Gasteiger partial charge in [-0.25, -0.2) is 0 Å². The Hall–Kier alpha value is -3.65. The van der Waals surface area contributed by atoms with Crippen molar-refractivity contribution in [3.8, 4) is 17.0 Å². The number of nitrogens with zero attached hydrogens (tertiary/aromatic N) is 5. The van der Waals surface area contributed by atoms with E-state index in [0.29, 0.717) is 43.3 Å². The molecule has 3 aromatic rings. The van der Waals surface area contributed by atoms with Crippen molar-refractivity contribution in [3.05, 3.63) is 71.2 Å². The number of amides is 2. The van der Waals surface area contributed by atoms with E-state index < -0.39 is 0 Å². The number of piperazine rings is 1. The molecule has 1 fully saturated rings. The largest absolute Gasteiger partial charge is 0.497 e. The van der Waals surface area contributed by atoms with Crippen molar-refractivity contribution in [2.75, 3.05) is 51.3 Å². The molecule has 0 radical (unpaired) electrons. The lowest BCUT2D eigenvalue weighted by atomic mass is 10.1. The molecule has 0 atom stereocenters. The molecule has 2 amide bonds. The minimum atomic E-state index is -0.150. The molecule has 1 saturated heterocycles. The highest BCUT2D eigenvalue weighted by molar-refractivity contribution is 6.30. The second-order valence-corrected chi connectivity index (χ2v) is 9.40. The molecular weight excluding hydrogens is 490 g/mol. The molecule has 0 aliphatic carbocycles. The number of halogens is 1. The van der Waals surface area contributed by atoms with Crippen LogP contribution in [0.25, 0.3) is 11.3 Å². The molecule has 194 valence electrons. The lowest BCUT2D eigenvalue weighted by Crippen LogP contribution is -2.52. The van der Waals surface area contributed by atoms with Gasteiger partial charge in [0.05, 0.1) is 12.8 Å². The number of carbonyl (C=O) groups excluding carboxylic acids is 2. The third-order valence-corrected chi connectivity index (χ3v) is 6.71. The second-order valence-electron chi connectivity index (χ2n) is 8.96. The lowest BCUT2D eigenvalue weighted by Gasteiger charge is -2.36. The van der Waals surface area contributed by atoms with Crippen molar-refractivity contribution in [1.29, 1.82) is 0 Å². The summed E-state index contributed by atoms with van der Waals surface area (Å²) in [6.45, 7) is 5.11. The molecule has 1 aromatic heterocycles. The molecule has 0 unspecified atom stereocenters. The van der Waals surface area contributed by atoms with E-state index >= 15 is 0 Å². The number of anilines is 1. The number of carbonyl (C=O) groups is 2. The van der Waals surface area contributed by atoms with Crippen LogP contribution in [0, 0.1) is 0 Å². The summed E-state index contributed by atoms with van der Waals surface area (Å²) in [5.41, 5.74) is 2.25. The lowest BCUT2D eigenvalue weighted by molar-refractivity contribution is -0.132. The number of methoxy groups -OCH3 is 1. The third kappa shape index (κ3) is 6.77. The summed E-state index contributed by atoms with van der Waals surface area (Å²) in [7, 11) is 1.64. The topological polar surface area (TPSA) is 78.9 Å². The third-order valence-electron chi connectivity index (χ3n) is 6.46. The van der Waals surface area contributed by atoms with Gasteiger partial charge < -0.3 is 19.4 Å². The van der Waals surface area contributed by atoms with E-state index in [0.717, 1.165) is 35.7 Å². The van der Waals surface area contributed by atoms with E-state index in [1.165, 1.54) is 0 Å². The Morgan fingerprint density at radius 1 is 1.00 bits per heavy atom. The first-order valence-electron chi connectivity index (χ1n) is 12.5.